The Bertz CT molecular complexity index is 1100. The molecule has 1 aliphatic rings. The maximum Gasteiger partial charge on any atom is 0.278 e. The standard InChI is InChI=1S/C13H11N3O4S2.C5H6S/c1-16-10(12(18)15-13-14-6-7-21-13)11(17)8-4-2-3-5-9(8)22(16,19)20;1-5-3-2-4-6-5/h2-7,17H,1H3,(H,14,15,18);2-4H,1H3. The molecule has 146 valence electrons. The fraction of sp³-hybridized carbons (Fsp3) is 0.111. The molecule has 0 fully saturated rings. The maximum atomic E-state index is 12.5. The SMILES string of the molecule is CN1C(C(=O)Nc2nccs2)=C(O)c2ccccc2S1(=O)=O.Cc1cccs1. The summed E-state index contributed by atoms with van der Waals surface area (Å²) in [4.78, 5) is 17.6. The van der Waals surface area contributed by atoms with E-state index in [0.717, 1.165) is 4.31 Å². The van der Waals surface area contributed by atoms with Crippen molar-refractivity contribution in [2.75, 3.05) is 12.4 Å². The molecule has 7 nitrogen and oxygen atoms in total. The van der Waals surface area contributed by atoms with Crippen LogP contribution in [0.1, 0.15) is 10.4 Å². The second-order valence-electron chi connectivity index (χ2n) is 5.68. The second-order valence-corrected chi connectivity index (χ2v) is 9.67. The van der Waals surface area contributed by atoms with Crippen molar-refractivity contribution in [3.63, 3.8) is 0 Å². The van der Waals surface area contributed by atoms with Gasteiger partial charge in [0.1, 0.15) is 0 Å². The minimum atomic E-state index is -3.89. The molecule has 0 bridgehead atoms. The third kappa shape index (κ3) is 3.93. The third-order valence-electron chi connectivity index (χ3n) is 3.85. The van der Waals surface area contributed by atoms with Crippen LogP contribution in [0.15, 0.2) is 63.9 Å². The number of sulfonamides is 1. The molecular formula is C18H17N3O4S3. The zero-order chi connectivity index (χ0) is 20.3. The summed E-state index contributed by atoms with van der Waals surface area (Å²) in [6, 6.07) is 10.1. The molecule has 10 heteroatoms. The van der Waals surface area contributed by atoms with Crippen LogP contribution in [0, 0.1) is 6.92 Å². The Labute approximate surface area is 170 Å². The van der Waals surface area contributed by atoms with Gasteiger partial charge in [-0.05, 0) is 30.5 Å². The monoisotopic (exact) mass is 435 g/mol. The predicted molar refractivity (Wildman–Crippen MR) is 111 cm³/mol. The highest BCUT2D eigenvalue weighted by atomic mass is 32.2. The van der Waals surface area contributed by atoms with Crippen molar-refractivity contribution in [3.8, 4) is 0 Å². The smallest absolute Gasteiger partial charge is 0.278 e. The lowest BCUT2D eigenvalue weighted by atomic mass is 10.1. The molecule has 28 heavy (non-hydrogen) atoms. The number of aromatic nitrogens is 1. The highest BCUT2D eigenvalue weighted by Gasteiger charge is 2.37. The van der Waals surface area contributed by atoms with Gasteiger partial charge in [-0.2, -0.15) is 0 Å². The average molecular weight is 436 g/mol. The summed E-state index contributed by atoms with van der Waals surface area (Å²) >= 11 is 2.97. The first-order valence-corrected chi connectivity index (χ1v) is 11.2. The number of rotatable bonds is 2. The Hall–Kier alpha value is -2.69. The van der Waals surface area contributed by atoms with Gasteiger partial charge in [0.25, 0.3) is 15.9 Å². The van der Waals surface area contributed by atoms with Crippen molar-refractivity contribution in [2.24, 2.45) is 0 Å². The van der Waals surface area contributed by atoms with Crippen molar-refractivity contribution >= 4 is 49.5 Å². The average Bonchev–Trinajstić information content (AvgIpc) is 3.35. The zero-order valence-electron chi connectivity index (χ0n) is 15.0. The molecule has 1 aliphatic heterocycles. The van der Waals surface area contributed by atoms with Gasteiger partial charge in [-0.1, -0.05) is 18.2 Å². The quantitative estimate of drug-likeness (QED) is 0.639. The predicted octanol–water partition coefficient (Wildman–Crippen LogP) is 3.70. The second kappa shape index (κ2) is 8.13. The summed E-state index contributed by atoms with van der Waals surface area (Å²) in [5.41, 5.74) is -0.237. The molecule has 0 saturated heterocycles. The lowest BCUT2D eigenvalue weighted by Gasteiger charge is -2.28. The lowest BCUT2D eigenvalue weighted by molar-refractivity contribution is -0.113. The van der Waals surface area contributed by atoms with Crippen LogP contribution in [-0.2, 0) is 14.8 Å². The number of amides is 1. The summed E-state index contributed by atoms with van der Waals surface area (Å²) in [6.45, 7) is 2.10. The number of aliphatic hydroxyl groups is 1. The van der Waals surface area contributed by atoms with Gasteiger partial charge in [0.15, 0.2) is 16.6 Å². The molecule has 1 amide bonds. The highest BCUT2D eigenvalue weighted by Crippen LogP contribution is 2.34. The molecule has 0 saturated carbocycles. The van der Waals surface area contributed by atoms with E-state index in [9.17, 15) is 18.3 Å². The number of benzene rings is 1. The van der Waals surface area contributed by atoms with Crippen LogP contribution in [-0.4, -0.2) is 35.8 Å². The number of hydrogen-bond donors (Lipinski definition) is 2. The topological polar surface area (TPSA) is 99.6 Å². The van der Waals surface area contributed by atoms with Gasteiger partial charge in [0.05, 0.1) is 4.90 Å². The van der Waals surface area contributed by atoms with E-state index in [1.807, 2.05) is 0 Å². The molecule has 0 aliphatic carbocycles. The minimum absolute atomic E-state index is 0.0409. The Kier molecular flexibility index (Phi) is 5.82. The lowest BCUT2D eigenvalue weighted by Crippen LogP contribution is -2.37. The van der Waals surface area contributed by atoms with Gasteiger partial charge in [0, 0.05) is 29.1 Å². The number of aryl methyl sites for hydroxylation is 1. The summed E-state index contributed by atoms with van der Waals surface area (Å²) < 4.78 is 25.7. The van der Waals surface area contributed by atoms with Crippen LogP contribution in [0.2, 0.25) is 0 Å². The van der Waals surface area contributed by atoms with Gasteiger partial charge in [-0.15, -0.1) is 22.7 Å². The fourth-order valence-corrected chi connectivity index (χ4v) is 4.94. The Balaban J connectivity index is 0.000000320. The van der Waals surface area contributed by atoms with Crippen molar-refractivity contribution in [3.05, 3.63) is 69.5 Å². The van der Waals surface area contributed by atoms with Gasteiger partial charge in [0.2, 0.25) is 0 Å². The number of hydrogen-bond acceptors (Lipinski definition) is 7. The highest BCUT2D eigenvalue weighted by molar-refractivity contribution is 7.89. The first-order valence-electron chi connectivity index (χ1n) is 8.05. The van der Waals surface area contributed by atoms with Crippen molar-refractivity contribution in [1.82, 2.24) is 9.29 Å². The number of carbonyl (C=O) groups is 1. The Morgan fingerprint density at radius 3 is 2.46 bits per heavy atom. The molecule has 0 radical (unpaired) electrons. The van der Waals surface area contributed by atoms with Crippen molar-refractivity contribution < 1.29 is 18.3 Å². The molecule has 0 spiro atoms. The number of fused-ring (bicyclic) bond motifs is 1. The van der Waals surface area contributed by atoms with Crippen molar-refractivity contribution in [2.45, 2.75) is 11.8 Å². The number of nitrogens with zero attached hydrogens (tertiary/aromatic N) is 2. The van der Waals surface area contributed by atoms with Crippen molar-refractivity contribution in [1.29, 1.82) is 0 Å². The first kappa shape index (κ1) is 20.1. The summed E-state index contributed by atoms with van der Waals surface area (Å²) in [5.74, 6) is -1.13. The molecular weight excluding hydrogens is 418 g/mol. The van der Waals surface area contributed by atoms with E-state index < -0.39 is 15.9 Å². The van der Waals surface area contributed by atoms with Crippen LogP contribution in [0.25, 0.3) is 5.76 Å². The summed E-state index contributed by atoms with van der Waals surface area (Å²) in [7, 11) is -2.67. The first-order chi connectivity index (χ1) is 13.3. The van der Waals surface area contributed by atoms with E-state index in [4.69, 9.17) is 0 Å². The third-order valence-corrected chi connectivity index (χ3v) is 7.16. The largest absolute Gasteiger partial charge is 0.505 e. The molecule has 0 unspecified atom stereocenters. The summed E-state index contributed by atoms with van der Waals surface area (Å²) in [6.07, 6.45) is 1.51. The molecule has 4 rings (SSSR count). The van der Waals surface area contributed by atoms with E-state index in [2.05, 4.69) is 34.7 Å². The summed E-state index contributed by atoms with van der Waals surface area (Å²) in [5, 5.41) is 16.8. The fourth-order valence-electron chi connectivity index (χ4n) is 2.48. The zero-order valence-corrected chi connectivity index (χ0v) is 17.4. The van der Waals surface area contributed by atoms with E-state index in [0.29, 0.717) is 5.13 Å². The van der Waals surface area contributed by atoms with E-state index >= 15 is 0 Å². The molecule has 2 N–H and O–H groups in total. The van der Waals surface area contributed by atoms with Crippen LogP contribution >= 0.6 is 22.7 Å². The molecule has 3 heterocycles. The Morgan fingerprint density at radius 1 is 1.14 bits per heavy atom. The van der Waals surface area contributed by atoms with Gasteiger partial charge < -0.3 is 5.11 Å². The molecule has 0 atom stereocenters. The van der Waals surface area contributed by atoms with E-state index in [1.165, 1.54) is 41.6 Å². The van der Waals surface area contributed by atoms with Gasteiger partial charge in [-0.25, -0.2) is 13.4 Å². The van der Waals surface area contributed by atoms with Crippen LogP contribution in [0.4, 0.5) is 5.13 Å². The van der Waals surface area contributed by atoms with Gasteiger partial charge in [-0.3, -0.25) is 14.4 Å². The number of likely N-dealkylation sites (N-methyl/N-ethyl adjacent to an activating group) is 1. The number of carbonyl (C=O) groups excluding carboxylic acids is 1. The number of thiophene rings is 1. The maximum absolute atomic E-state index is 12.5. The minimum Gasteiger partial charge on any atom is -0.505 e. The van der Waals surface area contributed by atoms with E-state index in [1.54, 1.807) is 28.8 Å². The number of nitrogens with one attached hydrogen (secondary N) is 1. The van der Waals surface area contributed by atoms with Gasteiger partial charge >= 0.3 is 0 Å². The van der Waals surface area contributed by atoms with Crippen LogP contribution in [0.5, 0.6) is 0 Å². The normalized spacial score (nSPS) is 14.7. The number of thiazole rings is 1. The molecule has 2 aromatic heterocycles. The van der Waals surface area contributed by atoms with E-state index in [-0.39, 0.29) is 21.9 Å². The number of aliphatic hydroxyl groups excluding tert-OH is 1. The van der Waals surface area contributed by atoms with Crippen LogP contribution in [0.3, 0.4) is 0 Å². The Morgan fingerprint density at radius 2 is 1.89 bits per heavy atom. The molecule has 3 aromatic rings. The van der Waals surface area contributed by atoms with Crippen LogP contribution < -0.4 is 5.32 Å². The molecule has 1 aromatic carbocycles. The number of anilines is 1.